The van der Waals surface area contributed by atoms with Gasteiger partial charge in [-0.25, -0.2) is 4.68 Å². The second-order valence-corrected chi connectivity index (χ2v) is 6.25. The van der Waals surface area contributed by atoms with Crippen LogP contribution in [0, 0.1) is 0 Å². The predicted octanol–water partition coefficient (Wildman–Crippen LogP) is 2.38. The molecule has 1 heterocycles. The van der Waals surface area contributed by atoms with Gasteiger partial charge >= 0.3 is 5.92 Å². The first-order chi connectivity index (χ1) is 11.3. The lowest BCUT2D eigenvalue weighted by molar-refractivity contribution is -0.223. The highest BCUT2D eigenvalue weighted by Gasteiger charge is 2.61. The smallest absolute Gasteiger partial charge is 0.352 e. The lowest BCUT2D eigenvalue weighted by Crippen LogP contribution is -2.60. The number of halogens is 2. The standard InChI is InChI=1S/C17H19F2N3O2/c1-21(15(23)17(18,19)16(24)8-5-9-16)11-13-10-20-22(12-13)14-6-3-2-4-7-14/h2-4,6-7,10,12,24H,5,8-9,11H2,1H3. The molecule has 128 valence electrons. The fourth-order valence-corrected chi connectivity index (χ4v) is 2.77. The van der Waals surface area contributed by atoms with Crippen LogP contribution in [0.2, 0.25) is 0 Å². The van der Waals surface area contributed by atoms with E-state index in [9.17, 15) is 18.7 Å². The van der Waals surface area contributed by atoms with Crippen molar-refractivity contribution >= 4 is 5.91 Å². The minimum atomic E-state index is -3.77. The fourth-order valence-electron chi connectivity index (χ4n) is 2.77. The van der Waals surface area contributed by atoms with E-state index >= 15 is 0 Å². The highest BCUT2D eigenvalue weighted by atomic mass is 19.3. The van der Waals surface area contributed by atoms with Crippen molar-refractivity contribution in [2.75, 3.05) is 7.05 Å². The maximum atomic E-state index is 14.2. The van der Waals surface area contributed by atoms with Gasteiger partial charge in [0.25, 0.3) is 5.91 Å². The summed E-state index contributed by atoms with van der Waals surface area (Å²) in [6.07, 6.45) is 3.63. The van der Waals surface area contributed by atoms with Crippen molar-refractivity contribution in [2.24, 2.45) is 0 Å². The van der Waals surface area contributed by atoms with E-state index in [0.717, 1.165) is 10.6 Å². The van der Waals surface area contributed by atoms with Gasteiger partial charge in [-0.1, -0.05) is 18.2 Å². The third-order valence-corrected chi connectivity index (χ3v) is 4.46. The molecule has 0 spiro atoms. The van der Waals surface area contributed by atoms with Gasteiger partial charge in [0.1, 0.15) is 5.60 Å². The van der Waals surface area contributed by atoms with Crippen LogP contribution in [-0.4, -0.2) is 44.3 Å². The Hall–Kier alpha value is -2.28. The number of para-hydroxylation sites is 1. The lowest BCUT2D eigenvalue weighted by Gasteiger charge is -2.42. The number of benzene rings is 1. The normalized spacial score (nSPS) is 16.5. The molecule has 1 N–H and O–H groups in total. The summed E-state index contributed by atoms with van der Waals surface area (Å²) >= 11 is 0. The summed E-state index contributed by atoms with van der Waals surface area (Å²) in [6, 6.07) is 9.35. The zero-order valence-corrected chi connectivity index (χ0v) is 13.3. The van der Waals surface area contributed by atoms with Gasteiger partial charge in [0.2, 0.25) is 0 Å². The molecule has 1 aliphatic carbocycles. The van der Waals surface area contributed by atoms with Gasteiger partial charge in [0, 0.05) is 25.4 Å². The number of nitrogens with zero attached hydrogens (tertiary/aromatic N) is 3. The van der Waals surface area contributed by atoms with Crippen molar-refractivity contribution in [3.05, 3.63) is 48.3 Å². The molecule has 5 nitrogen and oxygen atoms in total. The van der Waals surface area contributed by atoms with E-state index in [0.29, 0.717) is 12.0 Å². The summed E-state index contributed by atoms with van der Waals surface area (Å²) in [6.45, 7) is -0.00264. The molecule has 1 aromatic heterocycles. The quantitative estimate of drug-likeness (QED) is 0.913. The Morgan fingerprint density at radius 1 is 1.38 bits per heavy atom. The van der Waals surface area contributed by atoms with Gasteiger partial charge in [0.05, 0.1) is 11.9 Å². The first-order valence-corrected chi connectivity index (χ1v) is 7.78. The van der Waals surface area contributed by atoms with Crippen LogP contribution in [0.3, 0.4) is 0 Å². The van der Waals surface area contributed by atoms with Crippen LogP contribution >= 0.6 is 0 Å². The summed E-state index contributed by atoms with van der Waals surface area (Å²) in [5.41, 5.74) is -0.732. The molecule has 0 atom stereocenters. The number of hydrogen-bond acceptors (Lipinski definition) is 3. The van der Waals surface area contributed by atoms with Crippen LogP contribution in [0.25, 0.3) is 5.69 Å². The number of hydrogen-bond donors (Lipinski definition) is 1. The Labute approximate surface area is 138 Å². The van der Waals surface area contributed by atoms with Crippen LogP contribution in [-0.2, 0) is 11.3 Å². The van der Waals surface area contributed by atoms with E-state index in [1.807, 2.05) is 30.3 Å². The largest absolute Gasteiger partial charge is 0.383 e. The van der Waals surface area contributed by atoms with Crippen molar-refractivity contribution in [2.45, 2.75) is 37.3 Å². The summed E-state index contributed by atoms with van der Waals surface area (Å²) in [7, 11) is 1.30. The molecule has 0 bridgehead atoms. The fraction of sp³-hybridized carbons (Fsp3) is 0.412. The molecular formula is C17H19F2N3O2. The predicted molar refractivity (Wildman–Crippen MR) is 83.8 cm³/mol. The van der Waals surface area contributed by atoms with Crippen molar-refractivity contribution < 1.29 is 18.7 Å². The zero-order chi connectivity index (χ0) is 17.4. The van der Waals surface area contributed by atoms with Crippen molar-refractivity contribution in [3.63, 3.8) is 0 Å². The van der Waals surface area contributed by atoms with Gasteiger partial charge < -0.3 is 10.0 Å². The Morgan fingerprint density at radius 3 is 2.62 bits per heavy atom. The maximum absolute atomic E-state index is 14.2. The van der Waals surface area contributed by atoms with Gasteiger partial charge in [-0.15, -0.1) is 0 Å². The molecule has 1 amide bonds. The van der Waals surface area contributed by atoms with E-state index in [2.05, 4.69) is 5.10 Å². The van der Waals surface area contributed by atoms with Gasteiger partial charge in [0.15, 0.2) is 0 Å². The molecule has 1 aliphatic rings. The molecule has 3 rings (SSSR count). The van der Waals surface area contributed by atoms with Crippen molar-refractivity contribution in [1.82, 2.24) is 14.7 Å². The van der Waals surface area contributed by atoms with Gasteiger partial charge in [-0.2, -0.15) is 13.9 Å². The molecule has 1 fully saturated rings. The molecule has 1 aromatic carbocycles. The third-order valence-electron chi connectivity index (χ3n) is 4.46. The highest BCUT2D eigenvalue weighted by molar-refractivity contribution is 5.85. The average molecular weight is 335 g/mol. The van der Waals surface area contributed by atoms with E-state index < -0.39 is 17.4 Å². The van der Waals surface area contributed by atoms with E-state index in [-0.39, 0.29) is 19.4 Å². The molecule has 0 radical (unpaired) electrons. The summed E-state index contributed by atoms with van der Waals surface area (Å²) in [5.74, 6) is -5.13. The number of carbonyl (C=O) groups excluding carboxylic acids is 1. The lowest BCUT2D eigenvalue weighted by atomic mass is 9.75. The molecule has 24 heavy (non-hydrogen) atoms. The molecule has 0 aliphatic heterocycles. The van der Waals surface area contributed by atoms with Crippen LogP contribution in [0.15, 0.2) is 42.7 Å². The average Bonchev–Trinajstić information content (AvgIpc) is 3.01. The number of alkyl halides is 2. The minimum Gasteiger partial charge on any atom is -0.383 e. The first kappa shape index (κ1) is 16.6. The van der Waals surface area contributed by atoms with E-state index in [4.69, 9.17) is 0 Å². The minimum absolute atomic E-state index is 0.00264. The van der Waals surface area contributed by atoms with Crippen molar-refractivity contribution in [1.29, 1.82) is 0 Å². The van der Waals surface area contributed by atoms with Crippen LogP contribution < -0.4 is 0 Å². The second-order valence-electron chi connectivity index (χ2n) is 6.25. The van der Waals surface area contributed by atoms with Crippen molar-refractivity contribution in [3.8, 4) is 5.69 Å². The summed E-state index contributed by atoms with van der Waals surface area (Å²) < 4.78 is 30.0. The van der Waals surface area contributed by atoms with E-state index in [1.54, 1.807) is 10.9 Å². The monoisotopic (exact) mass is 335 g/mol. The van der Waals surface area contributed by atoms with Gasteiger partial charge in [-0.05, 0) is 31.4 Å². The molecule has 0 saturated heterocycles. The van der Waals surface area contributed by atoms with Crippen LogP contribution in [0.1, 0.15) is 24.8 Å². The van der Waals surface area contributed by atoms with E-state index in [1.165, 1.54) is 13.2 Å². The molecular weight excluding hydrogens is 316 g/mol. The zero-order valence-electron chi connectivity index (χ0n) is 13.3. The highest BCUT2D eigenvalue weighted by Crippen LogP contribution is 2.45. The number of rotatable bonds is 5. The maximum Gasteiger partial charge on any atom is 0.352 e. The van der Waals surface area contributed by atoms with Gasteiger partial charge in [-0.3, -0.25) is 4.79 Å². The summed E-state index contributed by atoms with van der Waals surface area (Å²) in [4.78, 5) is 13.0. The van der Waals surface area contributed by atoms with Crippen LogP contribution in [0.4, 0.5) is 8.78 Å². The summed E-state index contributed by atoms with van der Waals surface area (Å²) in [5, 5.41) is 14.0. The van der Waals surface area contributed by atoms with Crippen LogP contribution in [0.5, 0.6) is 0 Å². The second kappa shape index (κ2) is 5.98. The Kier molecular flexibility index (Phi) is 4.13. The Morgan fingerprint density at radius 2 is 2.04 bits per heavy atom. The first-order valence-electron chi connectivity index (χ1n) is 7.78. The Balaban J connectivity index is 1.70. The molecule has 7 heteroatoms. The molecule has 1 saturated carbocycles. The molecule has 2 aromatic rings. The third kappa shape index (κ3) is 2.80. The number of amides is 1. The number of aromatic nitrogens is 2. The SMILES string of the molecule is CN(Cc1cnn(-c2ccccc2)c1)C(=O)C(F)(F)C1(O)CCC1. The number of aliphatic hydroxyl groups is 1. The Bertz CT molecular complexity index is 726. The molecule has 0 unspecified atom stereocenters. The topological polar surface area (TPSA) is 58.4 Å². The number of carbonyl (C=O) groups is 1.